The van der Waals surface area contributed by atoms with Gasteiger partial charge in [0, 0.05) is 34.5 Å². The van der Waals surface area contributed by atoms with E-state index in [4.69, 9.17) is 17.0 Å². The average Bonchev–Trinajstić information content (AvgIpc) is 3.40. The van der Waals surface area contributed by atoms with Gasteiger partial charge in [-0.05, 0) is 50.8 Å². The molecule has 1 saturated heterocycles. The van der Waals surface area contributed by atoms with Crippen molar-refractivity contribution in [1.82, 2.24) is 25.8 Å². The van der Waals surface area contributed by atoms with Crippen molar-refractivity contribution >= 4 is 57.5 Å². The van der Waals surface area contributed by atoms with Crippen LogP contribution in [-0.4, -0.2) is 85.7 Å². The van der Waals surface area contributed by atoms with Gasteiger partial charge in [0.2, 0.25) is 5.91 Å². The Kier molecular flexibility index (Phi) is 13.0. The zero-order valence-corrected chi connectivity index (χ0v) is 29.0. The number of nitrogens with zero attached hydrogens (tertiary/aromatic N) is 2. The maximum atomic E-state index is 13.9. The van der Waals surface area contributed by atoms with Gasteiger partial charge < -0.3 is 30.7 Å². The van der Waals surface area contributed by atoms with Crippen LogP contribution in [0.3, 0.4) is 0 Å². The summed E-state index contributed by atoms with van der Waals surface area (Å²) in [6.07, 6.45) is 4.42. The number of carbonyl (C=O) groups excluding carboxylic acids is 3. The summed E-state index contributed by atoms with van der Waals surface area (Å²) in [5, 5.41) is 22.4. The molecule has 1 unspecified atom stereocenters. The third-order valence-electron chi connectivity index (χ3n) is 8.23. The molecule has 2 heterocycles. The van der Waals surface area contributed by atoms with Crippen LogP contribution in [0.5, 0.6) is 5.75 Å². The number of benzene rings is 2. The first-order valence-corrected chi connectivity index (χ1v) is 17.4. The van der Waals surface area contributed by atoms with Crippen LogP contribution in [0, 0.1) is 0 Å². The molecule has 0 radical (unpaired) electrons. The molecule has 4 N–H and O–H groups in total. The number of aromatic nitrogens is 1. The van der Waals surface area contributed by atoms with Crippen molar-refractivity contribution in [2.45, 2.75) is 82.4 Å². The highest BCUT2D eigenvalue weighted by Gasteiger charge is 2.49. The van der Waals surface area contributed by atoms with E-state index < -0.39 is 34.9 Å². The topological polar surface area (TPSA) is 133 Å². The van der Waals surface area contributed by atoms with Gasteiger partial charge in [0.05, 0.1) is 22.9 Å². The Morgan fingerprint density at radius 1 is 1.11 bits per heavy atom. The third kappa shape index (κ3) is 9.42. The van der Waals surface area contributed by atoms with Crippen molar-refractivity contribution in [2.24, 2.45) is 0 Å². The van der Waals surface area contributed by atoms with Crippen LogP contribution >= 0.6 is 24.0 Å². The number of rotatable bonds is 15. The third-order valence-corrected chi connectivity index (χ3v) is 10.0. The SMILES string of the molecule is CCCCNC(=O)C1N(C(=O)[C@@H](O)[C@H](Cc2ccccc2)NC(=S)[C@@H](CC)NC(=O)COc2cccc3cnccc23)CSC1(C)C. The van der Waals surface area contributed by atoms with Crippen molar-refractivity contribution in [1.29, 1.82) is 0 Å². The summed E-state index contributed by atoms with van der Waals surface area (Å²) in [7, 11) is 0. The number of aliphatic hydroxyl groups is 1. The van der Waals surface area contributed by atoms with Crippen molar-refractivity contribution in [3.8, 4) is 5.75 Å². The van der Waals surface area contributed by atoms with E-state index in [-0.39, 0.29) is 35.7 Å². The minimum atomic E-state index is -1.51. The quantitative estimate of drug-likeness (QED) is 0.139. The zero-order valence-electron chi connectivity index (χ0n) is 27.4. The van der Waals surface area contributed by atoms with Gasteiger partial charge in [-0.2, -0.15) is 0 Å². The highest BCUT2D eigenvalue weighted by molar-refractivity contribution is 8.00. The summed E-state index contributed by atoms with van der Waals surface area (Å²) >= 11 is 7.25. The molecule has 3 amide bonds. The fourth-order valence-corrected chi connectivity index (χ4v) is 7.10. The molecule has 4 atom stereocenters. The molecular weight excluding hydrogens is 635 g/mol. The Labute approximate surface area is 286 Å². The lowest BCUT2D eigenvalue weighted by Gasteiger charge is -2.34. The summed E-state index contributed by atoms with van der Waals surface area (Å²) in [6, 6.07) is 14.7. The lowest BCUT2D eigenvalue weighted by atomic mass is 9.97. The van der Waals surface area contributed by atoms with E-state index in [1.807, 2.05) is 76.2 Å². The molecule has 0 aliphatic carbocycles. The molecule has 0 bridgehead atoms. The minimum absolute atomic E-state index is 0.223. The van der Waals surface area contributed by atoms with E-state index in [1.165, 1.54) is 16.7 Å². The van der Waals surface area contributed by atoms with Crippen LogP contribution < -0.4 is 20.7 Å². The Bertz CT molecular complexity index is 1530. The van der Waals surface area contributed by atoms with Gasteiger partial charge in [-0.25, -0.2) is 0 Å². The van der Waals surface area contributed by atoms with Gasteiger partial charge >= 0.3 is 0 Å². The Balaban J connectivity index is 1.46. The second kappa shape index (κ2) is 16.9. The fourth-order valence-electron chi connectivity index (χ4n) is 5.58. The standard InChI is InChI=1S/C35H45N5O5S2/c1-5-7-17-37-32(43)31-35(3,4)47-22-40(31)34(44)30(42)27(19-23-12-9-8-10-13-23)39-33(46)26(6-2)38-29(41)21-45-28-15-11-14-24-20-36-18-16-25(24)28/h8-16,18,20,26-27,30-31,42H,5-7,17,19,21-22H2,1-4H3,(H,37,43)(H,38,41)(H,39,46)/t26-,27+,30+,31?/m1/s1. The number of hydrogen-bond acceptors (Lipinski definition) is 8. The number of nitrogens with one attached hydrogen (secondary N) is 3. The summed E-state index contributed by atoms with van der Waals surface area (Å²) < 4.78 is 5.31. The first kappa shape index (κ1) is 36.1. The number of ether oxygens (including phenoxy) is 1. The van der Waals surface area contributed by atoms with Gasteiger partial charge in [0.1, 0.15) is 11.8 Å². The van der Waals surface area contributed by atoms with Crippen LogP contribution in [0.4, 0.5) is 0 Å². The molecule has 1 aromatic heterocycles. The smallest absolute Gasteiger partial charge is 0.258 e. The number of pyridine rings is 1. The van der Waals surface area contributed by atoms with Gasteiger partial charge in [-0.15, -0.1) is 11.8 Å². The minimum Gasteiger partial charge on any atom is -0.483 e. The van der Waals surface area contributed by atoms with Crippen molar-refractivity contribution in [3.05, 3.63) is 72.6 Å². The molecule has 4 rings (SSSR count). The number of carbonyl (C=O) groups is 3. The number of thioether (sulfide) groups is 1. The Morgan fingerprint density at radius 3 is 2.60 bits per heavy atom. The molecule has 252 valence electrons. The van der Waals surface area contributed by atoms with E-state index in [0.29, 0.717) is 18.7 Å². The van der Waals surface area contributed by atoms with E-state index in [1.54, 1.807) is 18.5 Å². The lowest BCUT2D eigenvalue weighted by Crippen LogP contribution is -2.60. The van der Waals surface area contributed by atoms with E-state index in [2.05, 4.69) is 20.9 Å². The molecule has 1 fully saturated rings. The average molecular weight is 680 g/mol. The number of amides is 3. The summed E-state index contributed by atoms with van der Waals surface area (Å²) in [5.74, 6) is -0.299. The lowest BCUT2D eigenvalue weighted by molar-refractivity contribution is -0.147. The largest absolute Gasteiger partial charge is 0.483 e. The second-order valence-corrected chi connectivity index (χ2v) is 14.2. The van der Waals surface area contributed by atoms with Crippen molar-refractivity contribution in [3.63, 3.8) is 0 Å². The molecule has 3 aromatic rings. The van der Waals surface area contributed by atoms with E-state index in [0.717, 1.165) is 29.2 Å². The number of unbranched alkanes of at least 4 members (excludes halogenated alkanes) is 1. The van der Waals surface area contributed by atoms with Gasteiger partial charge in [0.25, 0.3) is 11.8 Å². The molecule has 0 saturated carbocycles. The molecule has 12 heteroatoms. The molecular formula is C35H45N5O5S2. The van der Waals surface area contributed by atoms with Crippen LogP contribution in [0.2, 0.25) is 0 Å². The number of thiocarbonyl (C=S) groups is 1. The first-order chi connectivity index (χ1) is 22.6. The van der Waals surface area contributed by atoms with Crippen LogP contribution in [0.15, 0.2) is 67.0 Å². The normalized spacial score (nSPS) is 17.4. The van der Waals surface area contributed by atoms with Gasteiger partial charge in [-0.1, -0.05) is 75.0 Å². The van der Waals surface area contributed by atoms with Crippen molar-refractivity contribution < 1.29 is 24.2 Å². The predicted octanol–water partition coefficient (Wildman–Crippen LogP) is 3.99. The van der Waals surface area contributed by atoms with Crippen LogP contribution in [-0.2, 0) is 20.8 Å². The van der Waals surface area contributed by atoms with Crippen LogP contribution in [0.1, 0.15) is 52.5 Å². The molecule has 47 heavy (non-hydrogen) atoms. The Hall–Kier alpha value is -3.74. The summed E-state index contributed by atoms with van der Waals surface area (Å²) in [6.45, 7) is 8.11. The van der Waals surface area contributed by atoms with Crippen molar-refractivity contribution in [2.75, 3.05) is 19.0 Å². The highest BCUT2D eigenvalue weighted by Crippen LogP contribution is 2.40. The fraction of sp³-hybridized carbons (Fsp3) is 0.457. The molecule has 10 nitrogen and oxygen atoms in total. The number of hydrogen-bond donors (Lipinski definition) is 4. The maximum absolute atomic E-state index is 13.9. The predicted molar refractivity (Wildman–Crippen MR) is 190 cm³/mol. The molecule has 1 aliphatic heterocycles. The highest BCUT2D eigenvalue weighted by atomic mass is 32.2. The summed E-state index contributed by atoms with van der Waals surface area (Å²) in [4.78, 5) is 46.1. The number of aliphatic hydroxyl groups excluding tert-OH is 1. The Morgan fingerprint density at radius 2 is 1.87 bits per heavy atom. The van der Waals surface area contributed by atoms with E-state index in [9.17, 15) is 19.5 Å². The van der Waals surface area contributed by atoms with Gasteiger partial charge in [0.15, 0.2) is 12.7 Å². The molecule has 0 spiro atoms. The first-order valence-electron chi connectivity index (χ1n) is 16.0. The van der Waals surface area contributed by atoms with E-state index >= 15 is 0 Å². The van der Waals surface area contributed by atoms with Gasteiger partial charge in [-0.3, -0.25) is 19.4 Å². The number of fused-ring (bicyclic) bond motifs is 1. The maximum Gasteiger partial charge on any atom is 0.258 e. The second-order valence-electron chi connectivity index (χ2n) is 12.2. The summed E-state index contributed by atoms with van der Waals surface area (Å²) in [5.41, 5.74) is 0.889. The molecule has 2 aromatic carbocycles. The zero-order chi connectivity index (χ0) is 34.0. The molecule has 1 aliphatic rings. The monoisotopic (exact) mass is 679 g/mol. The van der Waals surface area contributed by atoms with Crippen LogP contribution in [0.25, 0.3) is 10.8 Å².